The smallest absolute Gasteiger partial charge is 0.248 e. The van der Waals surface area contributed by atoms with Crippen LogP contribution in [0, 0.1) is 5.92 Å². The number of para-hydroxylation sites is 1. The second kappa shape index (κ2) is 6.40. The summed E-state index contributed by atoms with van der Waals surface area (Å²) in [5.74, 6) is 0.574. The minimum atomic E-state index is -0.132. The number of aromatic amines is 1. The number of amides is 1. The van der Waals surface area contributed by atoms with Crippen LogP contribution in [0.15, 0.2) is 35.1 Å². The van der Waals surface area contributed by atoms with Crippen molar-refractivity contribution in [2.24, 2.45) is 5.92 Å². The number of benzene rings is 1. The Kier molecular flexibility index (Phi) is 4.10. The van der Waals surface area contributed by atoms with Gasteiger partial charge in [-0.3, -0.25) is 9.59 Å². The molecule has 2 aliphatic heterocycles. The molecule has 2 aliphatic rings. The Hall–Kier alpha value is -2.14. The summed E-state index contributed by atoms with van der Waals surface area (Å²) in [4.78, 5) is 26.9. The molecule has 2 bridgehead atoms. The molecule has 3 N–H and O–H groups in total. The number of fused-ring (bicyclic) bond motifs is 3. The zero-order chi connectivity index (χ0) is 16.5. The predicted molar refractivity (Wildman–Crippen MR) is 93.7 cm³/mol. The Labute approximate surface area is 140 Å². The van der Waals surface area contributed by atoms with Crippen molar-refractivity contribution in [2.45, 2.75) is 50.7 Å². The molecule has 0 saturated carbocycles. The fourth-order valence-corrected chi connectivity index (χ4v) is 4.29. The molecule has 1 amide bonds. The average molecular weight is 325 g/mol. The molecule has 0 radical (unpaired) electrons. The van der Waals surface area contributed by atoms with E-state index in [4.69, 9.17) is 0 Å². The number of piperidine rings is 1. The highest BCUT2D eigenvalue weighted by atomic mass is 16.1. The quantitative estimate of drug-likeness (QED) is 0.805. The van der Waals surface area contributed by atoms with Gasteiger partial charge >= 0.3 is 0 Å². The monoisotopic (exact) mass is 325 g/mol. The van der Waals surface area contributed by atoms with E-state index < -0.39 is 0 Å². The Bertz CT molecular complexity index is 802. The summed E-state index contributed by atoms with van der Waals surface area (Å²) in [6.07, 6.45) is 5.31. The largest absolute Gasteiger partial charge is 0.352 e. The first kappa shape index (κ1) is 15.4. The maximum Gasteiger partial charge on any atom is 0.248 e. The van der Waals surface area contributed by atoms with Gasteiger partial charge in [0, 0.05) is 42.0 Å². The van der Waals surface area contributed by atoms with Crippen LogP contribution in [0.2, 0.25) is 0 Å². The van der Waals surface area contributed by atoms with Crippen LogP contribution < -0.4 is 16.2 Å². The number of carbonyl (C=O) groups excluding carboxylic acids is 1. The summed E-state index contributed by atoms with van der Waals surface area (Å²) >= 11 is 0. The van der Waals surface area contributed by atoms with E-state index in [9.17, 15) is 9.59 Å². The maximum atomic E-state index is 12.3. The summed E-state index contributed by atoms with van der Waals surface area (Å²) in [5, 5.41) is 7.59. The third kappa shape index (κ3) is 3.22. The van der Waals surface area contributed by atoms with Crippen molar-refractivity contribution in [3.8, 4) is 0 Å². The highest BCUT2D eigenvalue weighted by Gasteiger charge is 2.34. The van der Waals surface area contributed by atoms with Crippen LogP contribution in [-0.4, -0.2) is 23.0 Å². The molecule has 24 heavy (non-hydrogen) atoms. The van der Waals surface area contributed by atoms with E-state index in [2.05, 4.69) is 15.6 Å². The molecule has 5 heteroatoms. The van der Waals surface area contributed by atoms with Crippen LogP contribution in [0.25, 0.3) is 10.9 Å². The van der Waals surface area contributed by atoms with E-state index in [1.165, 1.54) is 12.8 Å². The molecule has 126 valence electrons. The maximum absolute atomic E-state index is 12.3. The normalized spacial score (nSPS) is 25.8. The minimum absolute atomic E-state index is 0.0886. The molecule has 4 rings (SSSR count). The van der Waals surface area contributed by atoms with E-state index in [0.29, 0.717) is 31.0 Å². The third-order valence-electron chi connectivity index (χ3n) is 5.36. The lowest BCUT2D eigenvalue weighted by Gasteiger charge is -2.28. The molecular formula is C19H23N3O2. The van der Waals surface area contributed by atoms with Gasteiger partial charge in [-0.15, -0.1) is 0 Å². The Morgan fingerprint density at radius 2 is 1.92 bits per heavy atom. The zero-order valence-electron chi connectivity index (χ0n) is 13.7. The van der Waals surface area contributed by atoms with Crippen molar-refractivity contribution >= 4 is 16.8 Å². The minimum Gasteiger partial charge on any atom is -0.352 e. The zero-order valence-corrected chi connectivity index (χ0v) is 13.7. The van der Waals surface area contributed by atoms with Crippen molar-refractivity contribution in [2.75, 3.05) is 0 Å². The summed E-state index contributed by atoms with van der Waals surface area (Å²) in [6.45, 7) is 0.404. The first-order valence-corrected chi connectivity index (χ1v) is 8.81. The Balaban J connectivity index is 1.40. The number of H-pyrrole nitrogens is 1. The average Bonchev–Trinajstić information content (AvgIpc) is 2.91. The Morgan fingerprint density at radius 3 is 2.71 bits per heavy atom. The van der Waals surface area contributed by atoms with Gasteiger partial charge in [0.1, 0.15) is 0 Å². The standard InChI is InChI=1S/C19H23N3O2/c23-18(9-12-7-14-5-6-15(8-12)21-14)20-11-13-10-19(24)22-17-4-2-1-3-16(13)17/h1-4,10,12,14-15,21H,5-9,11H2,(H,20,23)(H,22,24). The fraction of sp³-hybridized carbons (Fsp3) is 0.474. The molecule has 0 spiro atoms. The van der Waals surface area contributed by atoms with E-state index in [1.54, 1.807) is 6.07 Å². The molecule has 5 nitrogen and oxygen atoms in total. The van der Waals surface area contributed by atoms with E-state index in [0.717, 1.165) is 29.3 Å². The topological polar surface area (TPSA) is 74.0 Å². The lowest BCUT2D eigenvalue weighted by molar-refractivity contribution is -0.122. The summed E-state index contributed by atoms with van der Waals surface area (Å²) < 4.78 is 0. The van der Waals surface area contributed by atoms with Gasteiger partial charge < -0.3 is 15.6 Å². The van der Waals surface area contributed by atoms with Crippen LogP contribution in [0.3, 0.4) is 0 Å². The number of hydrogen-bond donors (Lipinski definition) is 3. The molecule has 0 aliphatic carbocycles. The molecule has 1 aromatic heterocycles. The summed E-state index contributed by atoms with van der Waals surface area (Å²) in [6, 6.07) is 10.5. The van der Waals surface area contributed by atoms with E-state index in [-0.39, 0.29) is 11.5 Å². The number of hydrogen-bond acceptors (Lipinski definition) is 3. The van der Waals surface area contributed by atoms with E-state index >= 15 is 0 Å². The van der Waals surface area contributed by atoms with Gasteiger partial charge in [-0.2, -0.15) is 0 Å². The molecule has 3 heterocycles. The number of rotatable bonds is 4. The van der Waals surface area contributed by atoms with Gasteiger partial charge in [0.25, 0.3) is 0 Å². The van der Waals surface area contributed by atoms with Crippen molar-refractivity contribution < 1.29 is 4.79 Å². The molecule has 2 aromatic rings. The van der Waals surface area contributed by atoms with Crippen molar-refractivity contribution in [3.05, 3.63) is 46.2 Å². The summed E-state index contributed by atoms with van der Waals surface area (Å²) in [5.41, 5.74) is 1.55. The van der Waals surface area contributed by atoms with Gasteiger partial charge in [0.15, 0.2) is 0 Å². The fourth-order valence-electron chi connectivity index (χ4n) is 4.29. The van der Waals surface area contributed by atoms with Crippen LogP contribution >= 0.6 is 0 Å². The summed E-state index contributed by atoms with van der Waals surface area (Å²) in [7, 11) is 0. The lowest BCUT2D eigenvalue weighted by Crippen LogP contribution is -2.39. The van der Waals surface area contributed by atoms with Crippen LogP contribution in [0.5, 0.6) is 0 Å². The van der Waals surface area contributed by atoms with E-state index in [1.807, 2.05) is 24.3 Å². The molecule has 2 fully saturated rings. The first-order valence-electron chi connectivity index (χ1n) is 8.81. The highest BCUT2D eigenvalue weighted by molar-refractivity contribution is 5.82. The molecule has 1 aromatic carbocycles. The van der Waals surface area contributed by atoms with Crippen molar-refractivity contribution in [1.29, 1.82) is 0 Å². The van der Waals surface area contributed by atoms with Crippen molar-refractivity contribution in [3.63, 3.8) is 0 Å². The second-order valence-electron chi connectivity index (χ2n) is 7.16. The Morgan fingerprint density at radius 1 is 1.17 bits per heavy atom. The highest BCUT2D eigenvalue weighted by Crippen LogP contribution is 2.32. The SMILES string of the molecule is O=C(CC1CC2CCC(C1)N2)NCc1cc(=O)[nH]c2ccccc12. The number of pyridine rings is 1. The van der Waals surface area contributed by atoms with Gasteiger partial charge in [-0.1, -0.05) is 18.2 Å². The third-order valence-corrected chi connectivity index (χ3v) is 5.36. The van der Waals surface area contributed by atoms with Crippen LogP contribution in [0.4, 0.5) is 0 Å². The predicted octanol–water partition coefficient (Wildman–Crippen LogP) is 2.06. The second-order valence-corrected chi connectivity index (χ2v) is 7.16. The number of aromatic nitrogens is 1. The number of nitrogens with one attached hydrogen (secondary N) is 3. The molecule has 2 unspecified atom stereocenters. The molecular weight excluding hydrogens is 302 g/mol. The van der Waals surface area contributed by atoms with Crippen LogP contribution in [-0.2, 0) is 11.3 Å². The first-order chi connectivity index (χ1) is 11.7. The van der Waals surface area contributed by atoms with Gasteiger partial charge in [0.05, 0.1) is 0 Å². The lowest BCUT2D eigenvalue weighted by atomic mass is 9.89. The molecule has 2 atom stereocenters. The van der Waals surface area contributed by atoms with Gasteiger partial charge in [0.2, 0.25) is 11.5 Å². The van der Waals surface area contributed by atoms with Crippen molar-refractivity contribution in [1.82, 2.24) is 15.6 Å². The van der Waals surface area contributed by atoms with Gasteiger partial charge in [-0.25, -0.2) is 0 Å². The number of carbonyl (C=O) groups is 1. The van der Waals surface area contributed by atoms with Gasteiger partial charge in [-0.05, 0) is 43.2 Å². The molecule has 2 saturated heterocycles. The van der Waals surface area contributed by atoms with Crippen LogP contribution in [0.1, 0.15) is 37.7 Å².